The van der Waals surface area contributed by atoms with Crippen molar-refractivity contribution < 1.29 is 14.3 Å². The third kappa shape index (κ3) is 3.88. The number of hydrogen-bond acceptors (Lipinski definition) is 3. The molecule has 1 heterocycles. The summed E-state index contributed by atoms with van der Waals surface area (Å²) in [6.07, 6.45) is 4.75. The van der Waals surface area contributed by atoms with Crippen LogP contribution in [-0.2, 0) is 6.54 Å². The van der Waals surface area contributed by atoms with Gasteiger partial charge in [0.15, 0.2) is 0 Å². The smallest absolute Gasteiger partial charge is 0.339 e. The number of unbranched alkanes of at least 4 members (excludes halogenated alkanes) is 1. The van der Waals surface area contributed by atoms with Gasteiger partial charge in [-0.25, -0.2) is 4.79 Å². The zero-order valence-corrected chi connectivity index (χ0v) is 11.5. The molecule has 0 spiro atoms. The van der Waals surface area contributed by atoms with Crippen molar-refractivity contribution in [1.82, 2.24) is 4.90 Å². The van der Waals surface area contributed by atoms with Gasteiger partial charge in [-0.15, -0.1) is 0 Å². The molecule has 0 amide bonds. The third-order valence-electron chi connectivity index (χ3n) is 3.34. The van der Waals surface area contributed by atoms with E-state index in [1.54, 1.807) is 0 Å². The highest BCUT2D eigenvalue weighted by Gasteiger charge is 2.19. The highest BCUT2D eigenvalue weighted by atomic mass is 16.4. The lowest BCUT2D eigenvalue weighted by atomic mass is 10.1. The van der Waals surface area contributed by atoms with Crippen LogP contribution in [0.5, 0.6) is 0 Å². The summed E-state index contributed by atoms with van der Waals surface area (Å²) in [5, 5.41) is 9.06. The van der Waals surface area contributed by atoms with E-state index in [1.165, 1.54) is 12.3 Å². The van der Waals surface area contributed by atoms with E-state index in [9.17, 15) is 4.79 Å². The van der Waals surface area contributed by atoms with Crippen LogP contribution in [0.25, 0.3) is 0 Å². The van der Waals surface area contributed by atoms with E-state index in [0.29, 0.717) is 18.3 Å². The van der Waals surface area contributed by atoms with Crippen LogP contribution in [-0.4, -0.2) is 28.6 Å². The molecule has 1 aromatic rings. The van der Waals surface area contributed by atoms with E-state index in [4.69, 9.17) is 9.52 Å². The zero-order valence-electron chi connectivity index (χ0n) is 11.5. The third-order valence-corrected chi connectivity index (χ3v) is 3.34. The minimum absolute atomic E-state index is 0.278. The SMILES string of the molecule is CCCCN(Cc1occc1C(=O)O)C(C)CC. The molecule has 0 fully saturated rings. The second-order valence-electron chi connectivity index (χ2n) is 4.64. The van der Waals surface area contributed by atoms with Crippen LogP contribution in [0.15, 0.2) is 16.7 Å². The molecule has 0 aliphatic rings. The minimum atomic E-state index is -0.918. The summed E-state index contributed by atoms with van der Waals surface area (Å²) < 4.78 is 5.31. The van der Waals surface area contributed by atoms with Crippen molar-refractivity contribution in [2.45, 2.75) is 52.6 Å². The van der Waals surface area contributed by atoms with Gasteiger partial charge < -0.3 is 9.52 Å². The van der Waals surface area contributed by atoms with Crippen molar-refractivity contribution in [2.75, 3.05) is 6.54 Å². The first-order valence-corrected chi connectivity index (χ1v) is 6.63. The van der Waals surface area contributed by atoms with Crippen LogP contribution in [0, 0.1) is 0 Å². The fourth-order valence-electron chi connectivity index (χ4n) is 1.91. The van der Waals surface area contributed by atoms with Gasteiger partial charge in [-0.3, -0.25) is 4.90 Å². The Morgan fingerprint density at radius 1 is 1.50 bits per heavy atom. The molecular weight excluding hydrogens is 230 g/mol. The van der Waals surface area contributed by atoms with E-state index < -0.39 is 5.97 Å². The molecule has 0 bridgehead atoms. The average molecular weight is 253 g/mol. The number of aromatic carboxylic acids is 1. The highest BCUT2D eigenvalue weighted by Crippen LogP contribution is 2.16. The number of hydrogen-bond donors (Lipinski definition) is 1. The molecule has 4 heteroatoms. The van der Waals surface area contributed by atoms with Crippen molar-refractivity contribution in [2.24, 2.45) is 0 Å². The number of furan rings is 1. The normalized spacial score (nSPS) is 12.9. The Hall–Kier alpha value is -1.29. The van der Waals surface area contributed by atoms with Crippen molar-refractivity contribution >= 4 is 5.97 Å². The molecule has 0 saturated heterocycles. The van der Waals surface area contributed by atoms with Gasteiger partial charge in [0.1, 0.15) is 11.3 Å². The topological polar surface area (TPSA) is 53.7 Å². The lowest BCUT2D eigenvalue weighted by Crippen LogP contribution is -2.33. The van der Waals surface area contributed by atoms with Crippen molar-refractivity contribution in [1.29, 1.82) is 0 Å². The number of carboxylic acids is 1. The number of rotatable bonds is 8. The van der Waals surface area contributed by atoms with Crippen LogP contribution in [0.3, 0.4) is 0 Å². The number of nitrogens with zero attached hydrogens (tertiary/aromatic N) is 1. The molecule has 0 radical (unpaired) electrons. The van der Waals surface area contributed by atoms with Crippen LogP contribution in [0.2, 0.25) is 0 Å². The lowest BCUT2D eigenvalue weighted by molar-refractivity contribution is 0.0691. The standard InChI is InChI=1S/C14H23NO3/c1-4-6-8-15(11(3)5-2)10-13-12(14(16)17)7-9-18-13/h7,9,11H,4-6,8,10H2,1-3H3,(H,16,17). The summed E-state index contributed by atoms with van der Waals surface area (Å²) in [5.41, 5.74) is 0.278. The molecule has 4 nitrogen and oxygen atoms in total. The maximum Gasteiger partial charge on any atom is 0.339 e. The quantitative estimate of drug-likeness (QED) is 0.771. The second-order valence-corrected chi connectivity index (χ2v) is 4.64. The van der Waals surface area contributed by atoms with Crippen LogP contribution >= 0.6 is 0 Å². The second kappa shape index (κ2) is 7.21. The zero-order chi connectivity index (χ0) is 13.5. The highest BCUT2D eigenvalue weighted by molar-refractivity contribution is 5.88. The average Bonchev–Trinajstić information content (AvgIpc) is 2.81. The summed E-state index contributed by atoms with van der Waals surface area (Å²) in [6, 6.07) is 1.95. The summed E-state index contributed by atoms with van der Waals surface area (Å²) in [6.45, 7) is 8.02. The molecule has 0 aliphatic carbocycles. The first-order chi connectivity index (χ1) is 8.60. The van der Waals surface area contributed by atoms with Gasteiger partial charge in [0.05, 0.1) is 12.8 Å². The first-order valence-electron chi connectivity index (χ1n) is 6.63. The predicted octanol–water partition coefficient (Wildman–Crippen LogP) is 3.38. The Bertz CT molecular complexity index is 373. The van der Waals surface area contributed by atoms with E-state index in [2.05, 4.69) is 25.7 Å². The molecule has 18 heavy (non-hydrogen) atoms. The van der Waals surface area contributed by atoms with E-state index in [1.807, 2.05) is 0 Å². The maximum atomic E-state index is 11.0. The van der Waals surface area contributed by atoms with Crippen LogP contribution in [0.1, 0.15) is 56.2 Å². The molecule has 0 aliphatic heterocycles. The summed E-state index contributed by atoms with van der Waals surface area (Å²) in [7, 11) is 0. The van der Waals surface area contributed by atoms with E-state index in [-0.39, 0.29) is 5.56 Å². The van der Waals surface area contributed by atoms with Gasteiger partial charge in [0, 0.05) is 6.04 Å². The van der Waals surface area contributed by atoms with Crippen molar-refractivity contribution in [3.63, 3.8) is 0 Å². The molecule has 1 aromatic heterocycles. The van der Waals surface area contributed by atoms with Gasteiger partial charge in [0.2, 0.25) is 0 Å². The molecule has 0 aromatic carbocycles. The van der Waals surface area contributed by atoms with Crippen LogP contribution in [0.4, 0.5) is 0 Å². The molecule has 1 unspecified atom stereocenters. The lowest BCUT2D eigenvalue weighted by Gasteiger charge is -2.27. The fourth-order valence-corrected chi connectivity index (χ4v) is 1.91. The van der Waals surface area contributed by atoms with Gasteiger partial charge in [-0.2, -0.15) is 0 Å². The van der Waals surface area contributed by atoms with Gasteiger partial charge in [-0.1, -0.05) is 20.3 Å². The Balaban J connectivity index is 2.75. The molecule has 0 saturated carbocycles. The first kappa shape index (κ1) is 14.8. The van der Waals surface area contributed by atoms with Gasteiger partial charge >= 0.3 is 5.97 Å². The predicted molar refractivity (Wildman–Crippen MR) is 70.7 cm³/mol. The molecule has 1 atom stereocenters. The Morgan fingerprint density at radius 2 is 2.22 bits per heavy atom. The number of carboxylic acid groups (broad SMARTS) is 1. The molecule has 1 rings (SSSR count). The summed E-state index contributed by atoms with van der Waals surface area (Å²) in [5.74, 6) is -0.364. The largest absolute Gasteiger partial charge is 0.478 e. The van der Waals surface area contributed by atoms with Crippen LogP contribution < -0.4 is 0 Å². The summed E-state index contributed by atoms with van der Waals surface area (Å²) >= 11 is 0. The van der Waals surface area contributed by atoms with Crippen molar-refractivity contribution in [3.8, 4) is 0 Å². The number of carbonyl (C=O) groups is 1. The van der Waals surface area contributed by atoms with Gasteiger partial charge in [0.25, 0.3) is 0 Å². The molecule has 1 N–H and O–H groups in total. The Morgan fingerprint density at radius 3 is 2.78 bits per heavy atom. The Kier molecular flexibility index (Phi) is 5.92. The summed E-state index contributed by atoms with van der Waals surface area (Å²) in [4.78, 5) is 13.3. The van der Waals surface area contributed by atoms with E-state index >= 15 is 0 Å². The van der Waals surface area contributed by atoms with Crippen molar-refractivity contribution in [3.05, 3.63) is 23.7 Å². The molecule has 102 valence electrons. The van der Waals surface area contributed by atoms with Gasteiger partial charge in [-0.05, 0) is 32.4 Å². The Labute approximate surface area is 109 Å². The monoisotopic (exact) mass is 253 g/mol. The molecular formula is C14H23NO3. The fraction of sp³-hybridized carbons (Fsp3) is 0.643. The maximum absolute atomic E-state index is 11.0. The minimum Gasteiger partial charge on any atom is -0.478 e. The van der Waals surface area contributed by atoms with E-state index in [0.717, 1.165) is 25.8 Å².